The highest BCUT2D eigenvalue weighted by Gasteiger charge is 2.30. The van der Waals surface area contributed by atoms with E-state index < -0.39 is 0 Å². The lowest BCUT2D eigenvalue weighted by Gasteiger charge is -2.29. The van der Waals surface area contributed by atoms with E-state index in [2.05, 4.69) is 22.3 Å². The number of carbonyl (C=O) groups excluding carboxylic acids is 1. The molecule has 0 saturated carbocycles. The second-order valence-electron chi connectivity index (χ2n) is 5.84. The Morgan fingerprint density at radius 1 is 1.43 bits per heavy atom. The normalized spacial score (nSPS) is 21.1. The molecule has 6 nitrogen and oxygen atoms in total. The van der Waals surface area contributed by atoms with E-state index in [4.69, 9.17) is 4.74 Å². The molecule has 0 bridgehead atoms. The van der Waals surface area contributed by atoms with Gasteiger partial charge in [-0.05, 0) is 37.0 Å². The van der Waals surface area contributed by atoms with Crippen molar-refractivity contribution in [3.8, 4) is 0 Å². The van der Waals surface area contributed by atoms with Crippen LogP contribution < -0.4 is 5.32 Å². The Bertz CT molecular complexity index is 641. The van der Waals surface area contributed by atoms with Crippen molar-refractivity contribution >= 4 is 11.6 Å². The number of pyridine rings is 1. The van der Waals surface area contributed by atoms with Gasteiger partial charge in [-0.15, -0.1) is 0 Å². The van der Waals surface area contributed by atoms with Gasteiger partial charge in [-0.3, -0.25) is 14.5 Å². The highest BCUT2D eigenvalue weighted by Crippen LogP contribution is 2.24. The first kappa shape index (κ1) is 15.7. The smallest absolute Gasteiger partial charge is 0.230 e. The summed E-state index contributed by atoms with van der Waals surface area (Å²) >= 11 is 0. The van der Waals surface area contributed by atoms with Gasteiger partial charge >= 0.3 is 0 Å². The molecule has 122 valence electrons. The van der Waals surface area contributed by atoms with Crippen molar-refractivity contribution in [1.82, 2.24) is 14.8 Å². The summed E-state index contributed by atoms with van der Waals surface area (Å²) in [6, 6.07) is 3.90. The Hall–Kier alpha value is -2.21. The predicted octanol–water partition coefficient (Wildman–Crippen LogP) is 2.47. The molecular formula is C17H22N4O2. The van der Waals surface area contributed by atoms with Crippen LogP contribution in [0.2, 0.25) is 0 Å². The molecule has 0 aromatic carbocycles. The summed E-state index contributed by atoms with van der Waals surface area (Å²) in [7, 11) is 0. The molecule has 0 radical (unpaired) electrons. The molecule has 1 saturated heterocycles. The van der Waals surface area contributed by atoms with Gasteiger partial charge in [-0.1, -0.05) is 6.92 Å². The van der Waals surface area contributed by atoms with Crippen LogP contribution in [0.15, 0.2) is 36.9 Å². The number of hydrogen-bond donors (Lipinski definition) is 1. The van der Waals surface area contributed by atoms with Gasteiger partial charge in [-0.25, -0.2) is 0 Å². The summed E-state index contributed by atoms with van der Waals surface area (Å²) in [6.07, 6.45) is 9.76. The zero-order chi connectivity index (χ0) is 16.1. The highest BCUT2D eigenvalue weighted by atomic mass is 16.5. The minimum Gasteiger partial charge on any atom is -0.377 e. The van der Waals surface area contributed by atoms with Crippen molar-refractivity contribution in [1.29, 1.82) is 0 Å². The third kappa shape index (κ3) is 3.96. The van der Waals surface area contributed by atoms with Crippen molar-refractivity contribution < 1.29 is 9.53 Å². The van der Waals surface area contributed by atoms with E-state index in [-0.39, 0.29) is 17.9 Å². The minimum atomic E-state index is -0.0719. The molecular weight excluding hydrogens is 292 g/mol. The van der Waals surface area contributed by atoms with Crippen LogP contribution in [0.1, 0.15) is 31.7 Å². The zero-order valence-electron chi connectivity index (χ0n) is 13.3. The monoisotopic (exact) mass is 314 g/mol. The maximum Gasteiger partial charge on any atom is 0.230 e. The van der Waals surface area contributed by atoms with Crippen molar-refractivity contribution in [2.45, 2.75) is 38.8 Å². The van der Waals surface area contributed by atoms with Crippen LogP contribution in [-0.2, 0) is 16.1 Å². The van der Waals surface area contributed by atoms with E-state index in [9.17, 15) is 4.79 Å². The summed E-state index contributed by atoms with van der Waals surface area (Å²) in [5, 5.41) is 7.27. The number of carbonyl (C=O) groups is 1. The van der Waals surface area contributed by atoms with E-state index in [0.717, 1.165) is 37.1 Å². The lowest BCUT2D eigenvalue weighted by Crippen LogP contribution is -2.37. The number of ether oxygens (including phenoxy) is 1. The molecule has 23 heavy (non-hydrogen) atoms. The molecule has 2 atom stereocenters. The molecule has 2 aromatic rings. The molecule has 0 aliphatic carbocycles. The number of anilines is 1. The number of nitrogens with zero attached hydrogens (tertiary/aromatic N) is 3. The minimum absolute atomic E-state index is 0.0237. The first-order chi connectivity index (χ1) is 11.3. The topological polar surface area (TPSA) is 69.0 Å². The van der Waals surface area contributed by atoms with Gasteiger partial charge in [0.15, 0.2) is 0 Å². The molecule has 0 unspecified atom stereocenters. The second-order valence-corrected chi connectivity index (χ2v) is 5.84. The Morgan fingerprint density at radius 3 is 3.04 bits per heavy atom. The summed E-state index contributed by atoms with van der Waals surface area (Å²) in [5.41, 5.74) is 1.84. The highest BCUT2D eigenvalue weighted by molar-refractivity contribution is 5.92. The van der Waals surface area contributed by atoms with E-state index in [1.165, 1.54) is 0 Å². The molecule has 1 amide bonds. The lowest BCUT2D eigenvalue weighted by molar-refractivity contribution is -0.129. The Kier molecular flexibility index (Phi) is 5.02. The number of amides is 1. The Morgan fingerprint density at radius 2 is 2.26 bits per heavy atom. The number of aromatic nitrogens is 3. The van der Waals surface area contributed by atoms with E-state index >= 15 is 0 Å². The van der Waals surface area contributed by atoms with Gasteiger partial charge in [0.25, 0.3) is 0 Å². The fraction of sp³-hybridized carbons (Fsp3) is 0.471. The van der Waals surface area contributed by atoms with Crippen LogP contribution in [0.25, 0.3) is 0 Å². The van der Waals surface area contributed by atoms with Crippen LogP contribution in [0.4, 0.5) is 5.69 Å². The molecule has 2 aromatic heterocycles. The quantitative estimate of drug-likeness (QED) is 0.920. The fourth-order valence-corrected chi connectivity index (χ4v) is 2.97. The van der Waals surface area contributed by atoms with E-state index in [1.54, 1.807) is 23.3 Å². The van der Waals surface area contributed by atoms with Crippen LogP contribution in [0, 0.1) is 5.92 Å². The number of nitrogens with one attached hydrogen (secondary N) is 1. The maximum absolute atomic E-state index is 12.5. The van der Waals surface area contributed by atoms with Crippen molar-refractivity contribution in [2.75, 3.05) is 11.9 Å². The van der Waals surface area contributed by atoms with Crippen molar-refractivity contribution in [3.05, 3.63) is 42.5 Å². The summed E-state index contributed by atoms with van der Waals surface area (Å²) in [4.78, 5) is 16.5. The molecule has 3 heterocycles. The Labute approximate surface area is 135 Å². The first-order valence-corrected chi connectivity index (χ1v) is 8.10. The van der Waals surface area contributed by atoms with Gasteiger partial charge < -0.3 is 10.1 Å². The van der Waals surface area contributed by atoms with Gasteiger partial charge in [0.1, 0.15) is 0 Å². The van der Waals surface area contributed by atoms with E-state index in [0.29, 0.717) is 6.54 Å². The van der Waals surface area contributed by atoms with Crippen LogP contribution in [0.3, 0.4) is 0 Å². The molecule has 1 aliphatic rings. The standard InChI is InChI=1S/C17H22N4O2/c1-2-16-15(4-3-9-23-16)17(22)20-14-10-19-21(12-14)11-13-5-7-18-8-6-13/h5-8,10,12,15-16H,2-4,9,11H2,1H3,(H,20,22)/t15-,16-/m1/s1. The van der Waals surface area contributed by atoms with Crippen molar-refractivity contribution in [2.24, 2.45) is 5.92 Å². The largest absolute Gasteiger partial charge is 0.377 e. The summed E-state index contributed by atoms with van der Waals surface area (Å²) in [5.74, 6) is -0.0442. The zero-order valence-corrected chi connectivity index (χ0v) is 13.3. The Balaban J connectivity index is 1.61. The third-order valence-corrected chi connectivity index (χ3v) is 4.17. The lowest BCUT2D eigenvalue weighted by atomic mass is 9.92. The molecule has 3 rings (SSSR count). The molecule has 1 N–H and O–H groups in total. The maximum atomic E-state index is 12.5. The predicted molar refractivity (Wildman–Crippen MR) is 87.0 cm³/mol. The molecule has 0 spiro atoms. The van der Waals surface area contributed by atoms with Gasteiger partial charge in [0, 0.05) is 25.2 Å². The average molecular weight is 314 g/mol. The summed E-state index contributed by atoms with van der Waals surface area (Å²) in [6.45, 7) is 3.47. The van der Waals surface area contributed by atoms with Crippen molar-refractivity contribution in [3.63, 3.8) is 0 Å². The number of hydrogen-bond acceptors (Lipinski definition) is 4. The van der Waals surface area contributed by atoms with Gasteiger partial charge in [0.05, 0.1) is 30.5 Å². The van der Waals surface area contributed by atoms with Crippen LogP contribution >= 0.6 is 0 Å². The molecule has 6 heteroatoms. The van der Waals surface area contributed by atoms with Gasteiger partial charge in [-0.2, -0.15) is 5.10 Å². The fourth-order valence-electron chi connectivity index (χ4n) is 2.97. The average Bonchev–Trinajstić information content (AvgIpc) is 3.02. The van der Waals surface area contributed by atoms with Crippen LogP contribution in [0.5, 0.6) is 0 Å². The van der Waals surface area contributed by atoms with Crippen LogP contribution in [-0.4, -0.2) is 33.4 Å². The molecule has 1 aliphatic heterocycles. The van der Waals surface area contributed by atoms with E-state index in [1.807, 2.05) is 18.3 Å². The first-order valence-electron chi connectivity index (χ1n) is 8.10. The second kappa shape index (κ2) is 7.37. The van der Waals surface area contributed by atoms with Gasteiger partial charge in [0.2, 0.25) is 5.91 Å². The summed E-state index contributed by atoms with van der Waals surface area (Å²) < 4.78 is 7.50. The third-order valence-electron chi connectivity index (χ3n) is 4.17. The SMILES string of the molecule is CC[C@H]1OCCC[C@H]1C(=O)Nc1cnn(Cc2ccncc2)c1. The molecule has 1 fully saturated rings. The number of rotatable bonds is 5.